The van der Waals surface area contributed by atoms with Gasteiger partial charge in [-0.05, 0) is 30.7 Å². The normalized spacial score (nSPS) is 12.6. The average Bonchev–Trinajstić information content (AvgIpc) is 2.42. The first-order valence-corrected chi connectivity index (χ1v) is 8.14. The lowest BCUT2D eigenvalue weighted by Crippen LogP contribution is -2.20. The fraction of sp³-hybridized carbons (Fsp3) is 0.647. The van der Waals surface area contributed by atoms with Gasteiger partial charge in [-0.3, -0.25) is 0 Å². The van der Waals surface area contributed by atoms with Crippen LogP contribution in [0.25, 0.3) is 0 Å². The van der Waals surface area contributed by atoms with Crippen LogP contribution in [0.2, 0.25) is 5.02 Å². The van der Waals surface area contributed by atoms with Gasteiger partial charge in [-0.25, -0.2) is 0 Å². The highest BCUT2D eigenvalue weighted by molar-refractivity contribution is 6.30. The van der Waals surface area contributed by atoms with E-state index in [2.05, 4.69) is 31.3 Å². The smallest absolute Gasteiger partial charge is 0.0406 e. The molecule has 0 aliphatic carbocycles. The summed E-state index contributed by atoms with van der Waals surface area (Å²) < 4.78 is 0. The molecule has 0 saturated carbocycles. The van der Waals surface area contributed by atoms with E-state index in [1.54, 1.807) is 0 Å². The molecule has 19 heavy (non-hydrogen) atoms. The first-order valence-electron chi connectivity index (χ1n) is 7.76. The summed E-state index contributed by atoms with van der Waals surface area (Å²) in [5, 5.41) is 4.40. The van der Waals surface area contributed by atoms with Gasteiger partial charge in [-0.15, -0.1) is 0 Å². The minimum atomic E-state index is 0.480. The van der Waals surface area contributed by atoms with Crippen molar-refractivity contribution in [2.24, 2.45) is 0 Å². The summed E-state index contributed by atoms with van der Waals surface area (Å²) in [6.45, 7) is 5.45. The Bertz CT molecular complexity index is 321. The van der Waals surface area contributed by atoms with Gasteiger partial charge in [0.1, 0.15) is 0 Å². The van der Waals surface area contributed by atoms with Crippen LogP contribution in [0.3, 0.4) is 0 Å². The zero-order chi connectivity index (χ0) is 13.9. The minimum Gasteiger partial charge on any atom is -0.310 e. The third kappa shape index (κ3) is 6.98. The van der Waals surface area contributed by atoms with Crippen molar-refractivity contribution in [3.05, 3.63) is 34.9 Å². The lowest BCUT2D eigenvalue weighted by atomic mass is 9.99. The highest BCUT2D eigenvalue weighted by Gasteiger charge is 2.09. The molecule has 108 valence electrons. The molecule has 1 aromatic carbocycles. The van der Waals surface area contributed by atoms with E-state index in [9.17, 15) is 0 Å². The highest BCUT2D eigenvalue weighted by atomic mass is 35.5. The van der Waals surface area contributed by atoms with E-state index in [-0.39, 0.29) is 0 Å². The lowest BCUT2D eigenvalue weighted by molar-refractivity contribution is 0.477. The van der Waals surface area contributed by atoms with E-state index in [1.165, 1.54) is 50.5 Å². The van der Waals surface area contributed by atoms with Crippen molar-refractivity contribution in [3.63, 3.8) is 0 Å². The molecule has 1 nitrogen and oxygen atoms in total. The summed E-state index contributed by atoms with van der Waals surface area (Å²) in [6.07, 6.45) is 9.37. The van der Waals surface area contributed by atoms with Gasteiger partial charge in [0.05, 0.1) is 0 Å². The molecular formula is C17H28ClN. The average molecular weight is 282 g/mol. The molecule has 0 heterocycles. The van der Waals surface area contributed by atoms with Crippen LogP contribution < -0.4 is 5.32 Å². The van der Waals surface area contributed by atoms with Gasteiger partial charge in [0.15, 0.2) is 0 Å². The van der Waals surface area contributed by atoms with E-state index in [1.807, 2.05) is 12.1 Å². The Morgan fingerprint density at radius 1 is 0.947 bits per heavy atom. The van der Waals surface area contributed by atoms with Crippen LogP contribution in [0.1, 0.15) is 70.4 Å². The second-order valence-corrected chi connectivity index (χ2v) is 5.65. The summed E-state index contributed by atoms with van der Waals surface area (Å²) >= 11 is 5.95. The van der Waals surface area contributed by atoms with E-state index < -0.39 is 0 Å². The van der Waals surface area contributed by atoms with Gasteiger partial charge < -0.3 is 5.32 Å². The predicted molar refractivity (Wildman–Crippen MR) is 85.9 cm³/mol. The molecule has 0 amide bonds. The molecule has 0 aliphatic heterocycles. The Kier molecular flexibility index (Phi) is 8.94. The van der Waals surface area contributed by atoms with Crippen LogP contribution in [0.5, 0.6) is 0 Å². The van der Waals surface area contributed by atoms with Crippen LogP contribution in [0.4, 0.5) is 0 Å². The number of benzene rings is 1. The maximum Gasteiger partial charge on any atom is 0.0406 e. The summed E-state index contributed by atoms with van der Waals surface area (Å²) in [5.74, 6) is 0. The molecule has 1 unspecified atom stereocenters. The number of unbranched alkanes of at least 4 members (excludes halogenated alkanes) is 5. The molecule has 1 N–H and O–H groups in total. The third-order valence-corrected chi connectivity index (χ3v) is 3.82. The van der Waals surface area contributed by atoms with E-state index in [0.717, 1.165) is 11.6 Å². The van der Waals surface area contributed by atoms with Crippen LogP contribution in [-0.4, -0.2) is 6.54 Å². The standard InChI is InChI=1S/C17H28ClN/c1-3-5-6-7-8-9-10-17(19-4-2)15-11-13-16(18)14-12-15/h11-14,17,19H,3-10H2,1-2H3. The van der Waals surface area contributed by atoms with Crippen molar-refractivity contribution in [2.45, 2.75) is 64.8 Å². The van der Waals surface area contributed by atoms with Crippen LogP contribution >= 0.6 is 11.6 Å². The first kappa shape index (κ1) is 16.5. The number of rotatable bonds is 10. The van der Waals surface area contributed by atoms with Gasteiger partial charge in [0.25, 0.3) is 0 Å². The van der Waals surface area contributed by atoms with E-state index >= 15 is 0 Å². The molecule has 1 atom stereocenters. The largest absolute Gasteiger partial charge is 0.310 e. The second kappa shape index (κ2) is 10.3. The summed E-state index contributed by atoms with van der Waals surface area (Å²) in [5.41, 5.74) is 1.36. The fourth-order valence-corrected chi connectivity index (χ4v) is 2.58. The molecule has 0 bridgehead atoms. The van der Waals surface area contributed by atoms with Crippen molar-refractivity contribution >= 4 is 11.6 Å². The van der Waals surface area contributed by atoms with Crippen LogP contribution in [-0.2, 0) is 0 Å². The van der Waals surface area contributed by atoms with E-state index in [4.69, 9.17) is 11.6 Å². The van der Waals surface area contributed by atoms with Crippen LogP contribution in [0.15, 0.2) is 24.3 Å². The quantitative estimate of drug-likeness (QED) is 0.539. The maximum atomic E-state index is 5.95. The molecule has 1 aromatic rings. The van der Waals surface area contributed by atoms with E-state index in [0.29, 0.717) is 6.04 Å². The summed E-state index contributed by atoms with van der Waals surface area (Å²) in [7, 11) is 0. The number of hydrogen-bond donors (Lipinski definition) is 1. The van der Waals surface area contributed by atoms with Gasteiger partial charge in [-0.1, -0.05) is 76.1 Å². The van der Waals surface area contributed by atoms with Gasteiger partial charge in [-0.2, -0.15) is 0 Å². The van der Waals surface area contributed by atoms with Crippen molar-refractivity contribution < 1.29 is 0 Å². The van der Waals surface area contributed by atoms with Gasteiger partial charge in [0.2, 0.25) is 0 Å². The molecule has 0 aromatic heterocycles. The monoisotopic (exact) mass is 281 g/mol. The van der Waals surface area contributed by atoms with Crippen molar-refractivity contribution in [2.75, 3.05) is 6.54 Å². The zero-order valence-electron chi connectivity index (χ0n) is 12.4. The topological polar surface area (TPSA) is 12.0 Å². The molecule has 2 heteroatoms. The molecule has 0 saturated heterocycles. The summed E-state index contributed by atoms with van der Waals surface area (Å²) in [4.78, 5) is 0. The number of nitrogens with one attached hydrogen (secondary N) is 1. The zero-order valence-corrected chi connectivity index (χ0v) is 13.2. The Morgan fingerprint density at radius 3 is 2.21 bits per heavy atom. The highest BCUT2D eigenvalue weighted by Crippen LogP contribution is 2.22. The first-order chi connectivity index (χ1) is 9.27. The maximum absolute atomic E-state index is 5.95. The molecular weight excluding hydrogens is 254 g/mol. The molecule has 0 spiro atoms. The minimum absolute atomic E-state index is 0.480. The lowest BCUT2D eigenvalue weighted by Gasteiger charge is -2.18. The summed E-state index contributed by atoms with van der Waals surface area (Å²) in [6, 6.07) is 8.75. The van der Waals surface area contributed by atoms with Crippen molar-refractivity contribution in [1.29, 1.82) is 0 Å². The predicted octanol–water partition coefficient (Wildman–Crippen LogP) is 5.74. The molecule has 0 aliphatic rings. The third-order valence-electron chi connectivity index (χ3n) is 3.57. The Labute approximate surface area is 123 Å². The molecule has 1 rings (SSSR count). The molecule has 0 fully saturated rings. The van der Waals surface area contributed by atoms with Gasteiger partial charge >= 0.3 is 0 Å². The number of halogens is 1. The number of hydrogen-bond acceptors (Lipinski definition) is 1. The van der Waals surface area contributed by atoms with Gasteiger partial charge in [0, 0.05) is 11.1 Å². The molecule has 0 radical (unpaired) electrons. The Morgan fingerprint density at radius 2 is 1.58 bits per heavy atom. The van der Waals surface area contributed by atoms with Crippen LogP contribution in [0, 0.1) is 0 Å². The van der Waals surface area contributed by atoms with Crippen molar-refractivity contribution in [3.8, 4) is 0 Å². The SMILES string of the molecule is CCCCCCCCC(NCC)c1ccc(Cl)cc1. The Balaban J connectivity index is 2.34. The Hall–Kier alpha value is -0.530. The second-order valence-electron chi connectivity index (χ2n) is 5.22. The fourth-order valence-electron chi connectivity index (χ4n) is 2.46. The van der Waals surface area contributed by atoms with Crippen molar-refractivity contribution in [1.82, 2.24) is 5.32 Å².